The molecule has 1 unspecified atom stereocenters. The smallest absolute Gasteiger partial charge is 0.423 e. The van der Waals surface area contributed by atoms with Crippen LogP contribution >= 0.6 is 0 Å². The second-order valence-corrected chi connectivity index (χ2v) is 6.33. The SMILES string of the molecule is OB(O)c1ccc2c3c(cccc13)C1=C3C(=CC=CC32)CC=C1. The number of allylic oxidation sites excluding steroid dienone is 8. The first-order valence-corrected chi connectivity index (χ1v) is 7.96. The van der Waals surface area contributed by atoms with Crippen molar-refractivity contribution in [3.05, 3.63) is 83.0 Å². The molecule has 2 aromatic carbocycles. The van der Waals surface area contributed by atoms with Gasteiger partial charge in [-0.1, -0.05) is 60.7 Å². The Hall–Kier alpha value is -2.36. The van der Waals surface area contributed by atoms with Crippen molar-refractivity contribution in [1.29, 1.82) is 0 Å². The van der Waals surface area contributed by atoms with Gasteiger partial charge in [0.2, 0.25) is 0 Å². The van der Waals surface area contributed by atoms with Gasteiger partial charge in [0.05, 0.1) is 0 Å². The lowest BCUT2D eigenvalue weighted by atomic mass is 9.67. The summed E-state index contributed by atoms with van der Waals surface area (Å²) in [5.74, 6) is 0.261. The van der Waals surface area contributed by atoms with E-state index in [1.807, 2.05) is 18.2 Å². The molecule has 0 radical (unpaired) electrons. The van der Waals surface area contributed by atoms with Crippen LogP contribution in [0.15, 0.2) is 71.9 Å². The summed E-state index contributed by atoms with van der Waals surface area (Å²) in [6.07, 6.45) is 12.0. The van der Waals surface area contributed by atoms with E-state index < -0.39 is 7.12 Å². The van der Waals surface area contributed by atoms with Crippen molar-refractivity contribution >= 4 is 28.9 Å². The number of benzene rings is 2. The van der Waals surface area contributed by atoms with Gasteiger partial charge in [0.1, 0.15) is 0 Å². The molecular weight excluding hydrogens is 283 g/mol. The van der Waals surface area contributed by atoms with Crippen LogP contribution in [0.1, 0.15) is 23.5 Å². The van der Waals surface area contributed by atoms with Crippen LogP contribution in [0.25, 0.3) is 16.3 Å². The lowest BCUT2D eigenvalue weighted by Crippen LogP contribution is -2.31. The van der Waals surface area contributed by atoms with Gasteiger partial charge >= 0.3 is 7.12 Å². The van der Waals surface area contributed by atoms with Gasteiger partial charge in [-0.25, -0.2) is 0 Å². The molecule has 2 nitrogen and oxygen atoms in total. The summed E-state index contributed by atoms with van der Waals surface area (Å²) in [5, 5.41) is 21.5. The van der Waals surface area contributed by atoms with Gasteiger partial charge in [-0.05, 0) is 50.5 Å². The maximum absolute atomic E-state index is 9.71. The highest BCUT2D eigenvalue weighted by molar-refractivity contribution is 6.62. The molecule has 2 aromatic rings. The highest BCUT2D eigenvalue weighted by Gasteiger charge is 2.32. The number of rotatable bonds is 1. The highest BCUT2D eigenvalue weighted by Crippen LogP contribution is 2.49. The van der Waals surface area contributed by atoms with E-state index >= 15 is 0 Å². The van der Waals surface area contributed by atoms with E-state index in [-0.39, 0.29) is 5.92 Å². The minimum Gasteiger partial charge on any atom is -0.423 e. The Morgan fingerprint density at radius 3 is 2.87 bits per heavy atom. The molecule has 0 saturated carbocycles. The predicted octanol–water partition coefficient (Wildman–Crippen LogP) is 2.83. The minimum absolute atomic E-state index is 0.261. The van der Waals surface area contributed by atoms with Gasteiger partial charge in [-0.2, -0.15) is 0 Å². The molecule has 0 bridgehead atoms. The van der Waals surface area contributed by atoms with Crippen molar-refractivity contribution in [2.24, 2.45) is 0 Å². The Bertz CT molecular complexity index is 977. The summed E-state index contributed by atoms with van der Waals surface area (Å²) in [4.78, 5) is 0. The molecule has 0 aliphatic heterocycles. The fraction of sp³-hybridized carbons (Fsp3) is 0.100. The number of hydrogen-bond donors (Lipinski definition) is 2. The fourth-order valence-electron chi connectivity index (χ4n) is 4.24. The van der Waals surface area contributed by atoms with E-state index in [1.54, 1.807) is 0 Å². The molecule has 3 aliphatic carbocycles. The standard InChI is InChI=1S/C20H15BO2/c22-21(23)18-11-10-16-14-7-2-5-12-4-1-6-13(19(12)14)15-8-3-9-17(18)20(15)16/h1-3,5-11,14,22-23H,4H2. The normalized spacial score (nSPS) is 20.6. The first kappa shape index (κ1) is 13.1. The van der Waals surface area contributed by atoms with E-state index in [9.17, 15) is 10.0 Å². The van der Waals surface area contributed by atoms with Crippen LogP contribution < -0.4 is 5.46 Å². The van der Waals surface area contributed by atoms with E-state index in [0.717, 1.165) is 17.2 Å². The maximum Gasteiger partial charge on any atom is 0.489 e. The molecule has 3 aliphatic rings. The monoisotopic (exact) mass is 298 g/mol. The quantitative estimate of drug-likeness (QED) is 0.795. The number of hydrogen-bond acceptors (Lipinski definition) is 2. The lowest BCUT2D eigenvalue weighted by molar-refractivity contribution is 0.426. The Morgan fingerprint density at radius 1 is 1.09 bits per heavy atom. The van der Waals surface area contributed by atoms with Crippen molar-refractivity contribution in [3.8, 4) is 0 Å². The third-order valence-corrected chi connectivity index (χ3v) is 5.18. The average Bonchev–Trinajstić information content (AvgIpc) is 2.58. The van der Waals surface area contributed by atoms with E-state index in [0.29, 0.717) is 5.46 Å². The van der Waals surface area contributed by atoms with Gasteiger partial charge < -0.3 is 10.0 Å². The molecule has 1 atom stereocenters. The van der Waals surface area contributed by atoms with Crippen LogP contribution in [0.3, 0.4) is 0 Å². The van der Waals surface area contributed by atoms with Crippen LogP contribution in [0.4, 0.5) is 0 Å². The van der Waals surface area contributed by atoms with Gasteiger partial charge in [0.25, 0.3) is 0 Å². The Morgan fingerprint density at radius 2 is 2.00 bits per heavy atom. The summed E-state index contributed by atoms with van der Waals surface area (Å²) < 4.78 is 0. The lowest BCUT2D eigenvalue weighted by Gasteiger charge is -2.34. The van der Waals surface area contributed by atoms with Crippen LogP contribution in [0.5, 0.6) is 0 Å². The summed E-state index contributed by atoms with van der Waals surface area (Å²) in [5.41, 5.74) is 7.11. The van der Waals surface area contributed by atoms with E-state index in [2.05, 4.69) is 42.5 Å². The largest absolute Gasteiger partial charge is 0.489 e. The maximum atomic E-state index is 9.71. The molecule has 5 rings (SSSR count). The van der Waals surface area contributed by atoms with Crippen molar-refractivity contribution in [1.82, 2.24) is 0 Å². The van der Waals surface area contributed by atoms with Crippen molar-refractivity contribution in [2.45, 2.75) is 12.3 Å². The first-order chi connectivity index (χ1) is 11.3. The summed E-state index contributed by atoms with van der Waals surface area (Å²) in [6, 6.07) is 10.0. The van der Waals surface area contributed by atoms with Crippen LogP contribution in [-0.4, -0.2) is 17.2 Å². The van der Waals surface area contributed by atoms with Gasteiger partial charge in [0.15, 0.2) is 0 Å². The molecule has 0 amide bonds. The molecule has 110 valence electrons. The third kappa shape index (κ3) is 1.66. The molecular formula is C20H15BO2. The topological polar surface area (TPSA) is 40.5 Å². The molecule has 0 saturated heterocycles. The van der Waals surface area contributed by atoms with Crippen molar-refractivity contribution < 1.29 is 10.0 Å². The average molecular weight is 298 g/mol. The minimum atomic E-state index is -1.45. The van der Waals surface area contributed by atoms with Crippen LogP contribution in [-0.2, 0) is 0 Å². The Labute approximate surface area is 134 Å². The number of fused-ring (bicyclic) bond motifs is 2. The van der Waals surface area contributed by atoms with Gasteiger partial charge in [-0.3, -0.25) is 0 Å². The molecule has 3 heteroatoms. The zero-order valence-corrected chi connectivity index (χ0v) is 12.5. The Kier molecular flexibility index (Phi) is 2.61. The molecule has 0 aromatic heterocycles. The highest BCUT2D eigenvalue weighted by atomic mass is 16.4. The zero-order valence-electron chi connectivity index (χ0n) is 12.5. The predicted molar refractivity (Wildman–Crippen MR) is 94.4 cm³/mol. The van der Waals surface area contributed by atoms with Crippen LogP contribution in [0, 0.1) is 0 Å². The summed E-state index contributed by atoms with van der Waals surface area (Å²) in [6.45, 7) is 0. The molecule has 2 N–H and O–H groups in total. The molecule has 23 heavy (non-hydrogen) atoms. The zero-order chi connectivity index (χ0) is 15.6. The van der Waals surface area contributed by atoms with Crippen LogP contribution in [0.2, 0.25) is 0 Å². The summed E-state index contributed by atoms with van der Waals surface area (Å²) in [7, 11) is -1.45. The van der Waals surface area contributed by atoms with Crippen molar-refractivity contribution in [2.75, 3.05) is 0 Å². The van der Waals surface area contributed by atoms with Crippen molar-refractivity contribution in [3.63, 3.8) is 0 Å². The second kappa shape index (κ2) is 4.57. The van der Waals surface area contributed by atoms with E-state index in [1.165, 1.54) is 27.8 Å². The first-order valence-electron chi connectivity index (χ1n) is 7.96. The third-order valence-electron chi connectivity index (χ3n) is 5.18. The molecule has 0 fully saturated rings. The Balaban J connectivity index is 1.94. The second-order valence-electron chi connectivity index (χ2n) is 6.33. The summed E-state index contributed by atoms with van der Waals surface area (Å²) >= 11 is 0. The van der Waals surface area contributed by atoms with Gasteiger partial charge in [0, 0.05) is 5.92 Å². The van der Waals surface area contributed by atoms with E-state index in [4.69, 9.17) is 0 Å². The van der Waals surface area contributed by atoms with Gasteiger partial charge in [-0.15, -0.1) is 0 Å². The molecule has 0 heterocycles. The molecule has 0 spiro atoms. The fourth-order valence-corrected chi connectivity index (χ4v) is 4.24.